The minimum Gasteiger partial charge on any atom is -0.455 e. The van der Waals surface area contributed by atoms with Gasteiger partial charge >= 0.3 is 0 Å². The van der Waals surface area contributed by atoms with Crippen molar-refractivity contribution in [2.24, 2.45) is 0 Å². The van der Waals surface area contributed by atoms with E-state index in [0.29, 0.717) is 38.2 Å². The summed E-state index contributed by atoms with van der Waals surface area (Å²) in [6, 6.07) is 19.1. The summed E-state index contributed by atoms with van der Waals surface area (Å²) in [6.07, 6.45) is 6.25. The Balaban J connectivity index is 0.000000216. The van der Waals surface area contributed by atoms with Gasteiger partial charge in [0.25, 0.3) is 0 Å². The third kappa shape index (κ3) is 10.2. The molecule has 4 heterocycles. The first-order valence-corrected chi connectivity index (χ1v) is 16.0. The summed E-state index contributed by atoms with van der Waals surface area (Å²) in [7, 11) is 0. The number of hydrogen-bond donors (Lipinski definition) is 4. The number of aromatic nitrogens is 6. The number of anilines is 6. The van der Waals surface area contributed by atoms with Crippen molar-refractivity contribution in [3.63, 3.8) is 0 Å². The number of halogens is 3. The van der Waals surface area contributed by atoms with Crippen molar-refractivity contribution in [1.82, 2.24) is 29.9 Å². The van der Waals surface area contributed by atoms with Crippen molar-refractivity contribution in [2.45, 2.75) is 27.7 Å². The summed E-state index contributed by atoms with van der Waals surface area (Å²) in [5.74, 6) is 3.97. The van der Waals surface area contributed by atoms with Gasteiger partial charge in [0, 0.05) is 22.8 Å². The van der Waals surface area contributed by atoms with Crippen LogP contribution in [0.2, 0.25) is 5.15 Å². The molecule has 6 rings (SSSR count). The van der Waals surface area contributed by atoms with E-state index in [4.69, 9.17) is 32.5 Å². The maximum absolute atomic E-state index is 5.99. The molecule has 4 aromatic heterocycles. The molecule has 0 amide bonds. The molecular formula is C34H33ClI2N10O2. The Morgan fingerprint density at radius 3 is 1.53 bits per heavy atom. The van der Waals surface area contributed by atoms with Crippen molar-refractivity contribution >= 4 is 92.6 Å². The molecule has 0 atom stereocenters. The lowest BCUT2D eigenvalue weighted by Crippen LogP contribution is -2.03. The van der Waals surface area contributed by atoms with E-state index in [1.54, 1.807) is 12.4 Å². The molecule has 12 nitrogen and oxygen atoms in total. The van der Waals surface area contributed by atoms with Gasteiger partial charge in [-0.15, -0.1) is 24.0 Å². The van der Waals surface area contributed by atoms with Gasteiger partial charge in [-0.05, 0) is 122 Å². The van der Waals surface area contributed by atoms with Gasteiger partial charge < -0.3 is 31.6 Å². The fraction of sp³-hybridized carbons (Fsp3) is 0.118. The SMILES string of the molecule is Cc1ccc(Oc2ccc(Nc3ncnc(Cl)c3N)cc2C)cn1.Cc1ccc(Oc2ccc(Nc3ncnc(I)c3N)cc2C)cn1.I. The molecule has 15 heteroatoms. The lowest BCUT2D eigenvalue weighted by Gasteiger charge is -2.12. The van der Waals surface area contributed by atoms with E-state index < -0.39 is 0 Å². The Morgan fingerprint density at radius 1 is 0.612 bits per heavy atom. The zero-order chi connectivity index (χ0) is 34.2. The number of ether oxygens (including phenoxy) is 2. The van der Waals surface area contributed by atoms with Crippen molar-refractivity contribution in [3.8, 4) is 23.0 Å². The van der Waals surface area contributed by atoms with Gasteiger partial charge in [-0.25, -0.2) is 19.9 Å². The highest BCUT2D eigenvalue weighted by atomic mass is 127. The lowest BCUT2D eigenvalue weighted by atomic mass is 10.2. The smallest absolute Gasteiger partial charge is 0.158 e. The first kappa shape index (κ1) is 37.3. The van der Waals surface area contributed by atoms with Crippen LogP contribution in [0.3, 0.4) is 0 Å². The summed E-state index contributed by atoms with van der Waals surface area (Å²) in [5, 5.41) is 6.55. The first-order valence-electron chi connectivity index (χ1n) is 14.5. The monoisotopic (exact) mass is 902 g/mol. The number of rotatable bonds is 8. The second kappa shape index (κ2) is 17.2. The Kier molecular flexibility index (Phi) is 13.1. The largest absolute Gasteiger partial charge is 0.455 e. The van der Waals surface area contributed by atoms with Crippen molar-refractivity contribution < 1.29 is 9.47 Å². The van der Waals surface area contributed by atoms with Crippen LogP contribution in [0.25, 0.3) is 0 Å². The molecule has 0 spiro atoms. The van der Waals surface area contributed by atoms with Gasteiger partial charge in [-0.3, -0.25) is 9.97 Å². The zero-order valence-corrected chi connectivity index (χ0v) is 32.1. The molecule has 0 aliphatic rings. The van der Waals surface area contributed by atoms with E-state index in [0.717, 1.165) is 45.4 Å². The van der Waals surface area contributed by atoms with E-state index >= 15 is 0 Å². The van der Waals surface area contributed by atoms with Crippen LogP contribution in [0.4, 0.5) is 34.4 Å². The predicted octanol–water partition coefficient (Wildman–Crippen LogP) is 9.09. The fourth-order valence-corrected chi connectivity index (χ4v) is 4.70. The number of pyridine rings is 2. The molecule has 0 aliphatic carbocycles. The van der Waals surface area contributed by atoms with Gasteiger partial charge in [0.15, 0.2) is 16.8 Å². The van der Waals surface area contributed by atoms with Gasteiger partial charge in [0.05, 0.1) is 12.4 Å². The number of hydrogen-bond acceptors (Lipinski definition) is 12. The van der Waals surface area contributed by atoms with Crippen LogP contribution in [0.5, 0.6) is 23.0 Å². The first-order chi connectivity index (χ1) is 23.0. The Bertz CT molecular complexity index is 1890. The van der Waals surface area contributed by atoms with Crippen LogP contribution in [0.15, 0.2) is 85.7 Å². The summed E-state index contributed by atoms with van der Waals surface area (Å²) >= 11 is 7.97. The topological polar surface area (TPSA) is 172 Å². The number of benzene rings is 2. The minimum absolute atomic E-state index is 0. The summed E-state index contributed by atoms with van der Waals surface area (Å²) < 4.78 is 12.4. The molecule has 0 saturated heterocycles. The van der Waals surface area contributed by atoms with E-state index in [1.165, 1.54) is 12.7 Å². The molecule has 252 valence electrons. The third-order valence-corrected chi connectivity index (χ3v) is 7.93. The van der Waals surface area contributed by atoms with Crippen LogP contribution < -0.4 is 31.6 Å². The second-order valence-electron chi connectivity index (χ2n) is 10.5. The number of aryl methyl sites for hydroxylation is 4. The van der Waals surface area contributed by atoms with Crippen LogP contribution in [-0.2, 0) is 0 Å². The van der Waals surface area contributed by atoms with Gasteiger partial charge in [0.2, 0.25) is 0 Å². The van der Waals surface area contributed by atoms with E-state index in [2.05, 4.69) is 63.1 Å². The van der Waals surface area contributed by atoms with Gasteiger partial charge in [0.1, 0.15) is 50.7 Å². The Labute approximate surface area is 319 Å². The van der Waals surface area contributed by atoms with Crippen molar-refractivity contribution in [2.75, 3.05) is 22.1 Å². The van der Waals surface area contributed by atoms with E-state index in [9.17, 15) is 0 Å². The molecule has 0 bridgehead atoms. The predicted molar refractivity (Wildman–Crippen MR) is 213 cm³/mol. The number of nitrogens with two attached hydrogens (primary N) is 2. The fourth-order valence-electron chi connectivity index (χ4n) is 4.19. The number of nitrogen functional groups attached to an aromatic ring is 2. The van der Waals surface area contributed by atoms with Crippen LogP contribution in [-0.4, -0.2) is 29.9 Å². The Morgan fingerprint density at radius 2 is 1.08 bits per heavy atom. The van der Waals surface area contributed by atoms with Gasteiger partial charge in [-0.2, -0.15) is 0 Å². The van der Waals surface area contributed by atoms with E-state index in [-0.39, 0.29) is 29.1 Å². The molecular weight excluding hydrogens is 870 g/mol. The normalized spacial score (nSPS) is 10.2. The van der Waals surface area contributed by atoms with Crippen molar-refractivity contribution in [3.05, 3.63) is 117 Å². The quantitative estimate of drug-likeness (QED) is 0.0845. The average molecular weight is 903 g/mol. The van der Waals surface area contributed by atoms with Crippen LogP contribution in [0.1, 0.15) is 22.5 Å². The maximum Gasteiger partial charge on any atom is 0.158 e. The van der Waals surface area contributed by atoms with Gasteiger partial charge in [-0.1, -0.05) is 11.6 Å². The molecule has 0 unspecified atom stereocenters. The molecule has 2 aromatic carbocycles. The van der Waals surface area contributed by atoms with Crippen LogP contribution in [0, 0.1) is 31.4 Å². The highest BCUT2D eigenvalue weighted by molar-refractivity contribution is 14.1. The molecule has 6 N–H and O–H groups in total. The molecule has 0 fully saturated rings. The lowest BCUT2D eigenvalue weighted by molar-refractivity contribution is 0.476. The van der Waals surface area contributed by atoms with Crippen molar-refractivity contribution in [1.29, 1.82) is 0 Å². The number of nitrogens with one attached hydrogen (secondary N) is 2. The highest BCUT2D eigenvalue weighted by Gasteiger charge is 2.10. The second-order valence-corrected chi connectivity index (χ2v) is 11.9. The molecule has 0 saturated carbocycles. The molecule has 49 heavy (non-hydrogen) atoms. The summed E-state index contributed by atoms with van der Waals surface area (Å²) in [6.45, 7) is 7.81. The highest BCUT2D eigenvalue weighted by Crippen LogP contribution is 2.31. The maximum atomic E-state index is 5.99. The average Bonchev–Trinajstić information content (AvgIpc) is 3.06. The molecule has 6 aromatic rings. The third-order valence-electron chi connectivity index (χ3n) is 6.77. The standard InChI is InChI=1S/C17H16ClN5O.C17H16IN5O.HI/c2*1-10-7-12(23-17-15(19)16(18)21-9-22-17)4-6-14(10)24-13-5-3-11(2)20-8-13;/h2*3-9H,19H2,1-2H3,(H,21,22,23);1H. The van der Waals surface area contributed by atoms with E-state index in [1.807, 2.05) is 88.4 Å². The molecule has 0 aliphatic heterocycles. The Hall–Kier alpha value is -4.55. The molecule has 0 radical (unpaired) electrons. The summed E-state index contributed by atoms with van der Waals surface area (Å²) in [5.41, 5.74) is 18.2. The number of nitrogens with zero attached hydrogens (tertiary/aromatic N) is 6. The minimum atomic E-state index is 0. The zero-order valence-electron chi connectivity index (χ0n) is 26.9. The van der Waals surface area contributed by atoms with Crippen LogP contribution >= 0.6 is 58.2 Å². The summed E-state index contributed by atoms with van der Waals surface area (Å²) in [4.78, 5) is 24.6.